The summed E-state index contributed by atoms with van der Waals surface area (Å²) in [6.45, 7) is 3.59. The van der Waals surface area contributed by atoms with Crippen molar-refractivity contribution in [3.8, 4) is 17.2 Å². The van der Waals surface area contributed by atoms with Crippen LogP contribution in [0.1, 0.15) is 18.4 Å². The molecule has 0 spiro atoms. The van der Waals surface area contributed by atoms with Gasteiger partial charge < -0.3 is 9.15 Å². The lowest BCUT2D eigenvalue weighted by atomic mass is 10.2. The number of imide groups is 1. The number of urea groups is 1. The first kappa shape index (κ1) is 18.7. The third-order valence-electron chi connectivity index (χ3n) is 4.86. The van der Waals surface area contributed by atoms with Gasteiger partial charge in [0.05, 0.1) is 7.11 Å². The van der Waals surface area contributed by atoms with Gasteiger partial charge in [-0.15, -0.1) is 10.2 Å². The number of amides is 3. The van der Waals surface area contributed by atoms with Crippen molar-refractivity contribution in [2.24, 2.45) is 0 Å². The first-order chi connectivity index (χ1) is 14.0. The number of ether oxygens (including phenoxy) is 1. The van der Waals surface area contributed by atoms with E-state index in [-0.39, 0.29) is 18.3 Å². The van der Waals surface area contributed by atoms with Gasteiger partial charge in [-0.25, -0.2) is 4.79 Å². The Morgan fingerprint density at radius 1 is 1.03 bits per heavy atom. The average Bonchev–Trinajstić information content (AvgIpc) is 3.28. The Morgan fingerprint density at radius 2 is 1.72 bits per heavy atom. The maximum atomic E-state index is 12.9. The van der Waals surface area contributed by atoms with E-state index in [1.165, 1.54) is 4.90 Å². The number of hydrogen-bond donors (Lipinski definition) is 0. The van der Waals surface area contributed by atoms with E-state index in [2.05, 4.69) is 10.2 Å². The minimum atomic E-state index is -0.603. The van der Waals surface area contributed by atoms with Crippen molar-refractivity contribution in [2.45, 2.75) is 26.4 Å². The van der Waals surface area contributed by atoms with Crippen LogP contribution in [0.3, 0.4) is 0 Å². The fourth-order valence-corrected chi connectivity index (χ4v) is 3.21. The van der Waals surface area contributed by atoms with Crippen molar-refractivity contribution in [3.63, 3.8) is 0 Å². The fraction of sp³-hybridized carbons (Fsp3) is 0.238. The highest BCUT2D eigenvalue weighted by molar-refractivity contribution is 6.13. The lowest BCUT2D eigenvalue weighted by Crippen LogP contribution is -2.33. The summed E-state index contributed by atoms with van der Waals surface area (Å²) in [6, 6.07) is 13.6. The first-order valence-corrected chi connectivity index (χ1v) is 9.16. The van der Waals surface area contributed by atoms with Crippen LogP contribution in [0, 0.1) is 6.92 Å². The molecular formula is C21H20N4O4. The number of rotatable bonds is 5. The van der Waals surface area contributed by atoms with Gasteiger partial charge in [0.1, 0.15) is 18.3 Å². The highest BCUT2D eigenvalue weighted by atomic mass is 16.5. The number of hydrogen-bond acceptors (Lipinski definition) is 6. The zero-order valence-corrected chi connectivity index (χ0v) is 16.3. The van der Waals surface area contributed by atoms with Crippen LogP contribution in [0.2, 0.25) is 0 Å². The van der Waals surface area contributed by atoms with Gasteiger partial charge in [0.25, 0.3) is 5.91 Å². The molecular weight excluding hydrogens is 372 g/mol. The fourth-order valence-electron chi connectivity index (χ4n) is 3.21. The smallest absolute Gasteiger partial charge is 0.332 e. The molecule has 1 atom stereocenters. The Labute approximate surface area is 167 Å². The minimum Gasteiger partial charge on any atom is -0.497 e. The summed E-state index contributed by atoms with van der Waals surface area (Å²) in [5, 5.41) is 8.01. The maximum Gasteiger partial charge on any atom is 0.332 e. The van der Waals surface area contributed by atoms with Crippen molar-refractivity contribution in [3.05, 3.63) is 60.0 Å². The molecule has 1 aromatic heterocycles. The van der Waals surface area contributed by atoms with Crippen LogP contribution in [0.5, 0.6) is 5.75 Å². The molecule has 4 rings (SSSR count). The van der Waals surface area contributed by atoms with Crippen LogP contribution in [0.4, 0.5) is 10.5 Å². The van der Waals surface area contributed by atoms with Gasteiger partial charge >= 0.3 is 6.03 Å². The van der Waals surface area contributed by atoms with Crippen LogP contribution in [-0.2, 0) is 11.3 Å². The summed E-state index contributed by atoms with van der Waals surface area (Å²) < 4.78 is 10.8. The Morgan fingerprint density at radius 3 is 2.38 bits per heavy atom. The van der Waals surface area contributed by atoms with Crippen LogP contribution >= 0.6 is 0 Å². The van der Waals surface area contributed by atoms with Crippen LogP contribution in [0.25, 0.3) is 11.5 Å². The molecule has 148 valence electrons. The molecule has 8 nitrogen and oxygen atoms in total. The molecule has 0 saturated carbocycles. The Hall–Kier alpha value is -3.68. The van der Waals surface area contributed by atoms with E-state index in [0.29, 0.717) is 17.3 Å². The van der Waals surface area contributed by atoms with Crippen molar-refractivity contribution in [2.75, 3.05) is 12.0 Å². The average molecular weight is 392 g/mol. The summed E-state index contributed by atoms with van der Waals surface area (Å²) >= 11 is 0. The predicted octanol–water partition coefficient (Wildman–Crippen LogP) is 3.41. The predicted molar refractivity (Wildman–Crippen MR) is 105 cm³/mol. The summed E-state index contributed by atoms with van der Waals surface area (Å²) in [5.41, 5.74) is 2.47. The van der Waals surface area contributed by atoms with Gasteiger partial charge in [-0.3, -0.25) is 14.6 Å². The van der Waals surface area contributed by atoms with E-state index in [4.69, 9.17) is 9.15 Å². The molecule has 3 aromatic rings. The number of aryl methyl sites for hydroxylation is 1. The second kappa shape index (κ2) is 7.38. The molecule has 1 aliphatic rings. The van der Waals surface area contributed by atoms with Crippen LogP contribution in [0.15, 0.2) is 52.9 Å². The first-order valence-electron chi connectivity index (χ1n) is 9.16. The zero-order chi connectivity index (χ0) is 20.5. The second-order valence-corrected chi connectivity index (χ2v) is 6.82. The molecule has 3 amide bonds. The number of nitrogens with zero attached hydrogens (tertiary/aromatic N) is 4. The monoisotopic (exact) mass is 392 g/mol. The minimum absolute atomic E-state index is 0.0759. The molecule has 2 aromatic carbocycles. The molecule has 0 aliphatic carbocycles. The van der Waals surface area contributed by atoms with Crippen LogP contribution in [-0.4, -0.2) is 40.2 Å². The third-order valence-corrected chi connectivity index (χ3v) is 4.86. The summed E-state index contributed by atoms with van der Waals surface area (Å²) in [4.78, 5) is 28.2. The van der Waals surface area contributed by atoms with E-state index >= 15 is 0 Å². The van der Waals surface area contributed by atoms with Crippen molar-refractivity contribution < 1.29 is 18.7 Å². The van der Waals surface area contributed by atoms with E-state index in [9.17, 15) is 9.59 Å². The van der Waals surface area contributed by atoms with Gasteiger partial charge in [-0.1, -0.05) is 17.7 Å². The largest absolute Gasteiger partial charge is 0.497 e. The quantitative estimate of drug-likeness (QED) is 0.618. The number of methoxy groups -OCH3 is 1. The molecule has 1 aliphatic heterocycles. The summed E-state index contributed by atoms with van der Waals surface area (Å²) in [7, 11) is 1.59. The standard InChI is InChI=1S/C21H20N4O4/c1-13-4-8-16(9-5-13)25-14(2)20(26)24(21(25)27)12-18-22-23-19(29-18)15-6-10-17(28-3)11-7-15/h4-11,14H,12H2,1-3H3. The Balaban J connectivity index is 1.53. The van der Waals surface area contributed by atoms with E-state index in [1.807, 2.05) is 31.2 Å². The molecule has 0 bridgehead atoms. The molecule has 1 fully saturated rings. The molecule has 29 heavy (non-hydrogen) atoms. The molecule has 2 heterocycles. The second-order valence-electron chi connectivity index (χ2n) is 6.82. The number of aromatic nitrogens is 2. The van der Waals surface area contributed by atoms with Gasteiger partial charge in [-0.2, -0.15) is 0 Å². The molecule has 1 unspecified atom stereocenters. The van der Waals surface area contributed by atoms with Gasteiger partial charge in [0.15, 0.2) is 0 Å². The summed E-state index contributed by atoms with van der Waals surface area (Å²) in [5.74, 6) is 0.910. The highest BCUT2D eigenvalue weighted by Gasteiger charge is 2.43. The van der Waals surface area contributed by atoms with Gasteiger partial charge in [-0.05, 0) is 50.2 Å². The molecule has 0 N–H and O–H groups in total. The third kappa shape index (κ3) is 3.44. The highest BCUT2D eigenvalue weighted by Crippen LogP contribution is 2.28. The Kier molecular flexibility index (Phi) is 4.75. The summed E-state index contributed by atoms with van der Waals surface area (Å²) in [6.07, 6.45) is 0. The van der Waals surface area contributed by atoms with E-state index < -0.39 is 12.1 Å². The SMILES string of the molecule is COc1ccc(-c2nnc(CN3C(=O)C(C)N(c4ccc(C)cc4)C3=O)o2)cc1. The maximum absolute atomic E-state index is 12.9. The number of carbonyl (C=O) groups is 2. The van der Waals surface area contributed by atoms with E-state index in [1.54, 1.807) is 38.3 Å². The van der Waals surface area contributed by atoms with Crippen molar-refractivity contribution in [1.29, 1.82) is 0 Å². The Bertz CT molecular complexity index is 1040. The topological polar surface area (TPSA) is 88.8 Å². The lowest BCUT2D eigenvalue weighted by molar-refractivity contribution is -0.127. The van der Waals surface area contributed by atoms with Crippen molar-refractivity contribution in [1.82, 2.24) is 15.1 Å². The van der Waals surface area contributed by atoms with Crippen LogP contribution < -0.4 is 9.64 Å². The lowest BCUT2D eigenvalue weighted by Gasteiger charge is -2.19. The molecule has 0 radical (unpaired) electrons. The number of benzene rings is 2. The molecule has 8 heteroatoms. The van der Waals surface area contributed by atoms with E-state index in [0.717, 1.165) is 16.0 Å². The van der Waals surface area contributed by atoms with Gasteiger partial charge in [0, 0.05) is 11.3 Å². The number of anilines is 1. The number of carbonyl (C=O) groups excluding carboxylic acids is 2. The molecule has 1 saturated heterocycles. The van der Waals surface area contributed by atoms with Gasteiger partial charge in [0.2, 0.25) is 11.8 Å². The van der Waals surface area contributed by atoms with Crippen molar-refractivity contribution >= 4 is 17.6 Å². The normalized spacial score (nSPS) is 16.6. The zero-order valence-electron chi connectivity index (χ0n) is 16.3.